The number of rotatable bonds is 6. The number of aromatic amines is 1. The highest BCUT2D eigenvalue weighted by molar-refractivity contribution is 6.02. The quantitative estimate of drug-likeness (QED) is 0.451. The lowest BCUT2D eigenvalue weighted by Crippen LogP contribution is -2.44. The molecule has 1 saturated carbocycles. The van der Waals surface area contributed by atoms with Crippen molar-refractivity contribution in [3.8, 4) is 11.1 Å². The van der Waals surface area contributed by atoms with Crippen LogP contribution in [0.15, 0.2) is 43.2 Å². The first-order valence-corrected chi connectivity index (χ1v) is 11.5. The number of amides is 1. The number of carbonyl (C=O) groups is 1. The maximum atomic E-state index is 14.5. The zero-order chi connectivity index (χ0) is 23.8. The van der Waals surface area contributed by atoms with Crippen molar-refractivity contribution >= 4 is 17.1 Å². The van der Waals surface area contributed by atoms with Crippen molar-refractivity contribution in [2.75, 3.05) is 4.90 Å². The minimum Gasteiger partial charge on any atom is -0.365 e. The SMILES string of the molecule is CC(C)N(c1c(C(N)=O)cnn2cc(-c3ccncc3F)cc12)C1CCC(c2ncn[nH]2)CC1. The lowest BCUT2D eigenvalue weighted by atomic mass is 9.84. The summed E-state index contributed by atoms with van der Waals surface area (Å²) in [5.74, 6) is 0.315. The summed E-state index contributed by atoms with van der Waals surface area (Å²) >= 11 is 0. The van der Waals surface area contributed by atoms with E-state index in [-0.39, 0.29) is 12.1 Å². The van der Waals surface area contributed by atoms with Crippen molar-refractivity contribution in [1.82, 2.24) is 29.8 Å². The molecule has 5 rings (SSSR count). The van der Waals surface area contributed by atoms with E-state index < -0.39 is 11.7 Å². The van der Waals surface area contributed by atoms with Gasteiger partial charge in [-0.2, -0.15) is 10.2 Å². The first-order valence-electron chi connectivity index (χ1n) is 11.5. The van der Waals surface area contributed by atoms with E-state index in [2.05, 4.69) is 44.0 Å². The van der Waals surface area contributed by atoms with Gasteiger partial charge in [0, 0.05) is 41.5 Å². The van der Waals surface area contributed by atoms with Crippen LogP contribution < -0.4 is 10.6 Å². The fraction of sp³-hybridized carbons (Fsp3) is 0.375. The van der Waals surface area contributed by atoms with Crippen LogP contribution in [0.1, 0.15) is 61.6 Å². The van der Waals surface area contributed by atoms with Gasteiger partial charge in [0.1, 0.15) is 18.0 Å². The number of halogens is 1. The molecule has 0 aromatic carbocycles. The molecule has 0 atom stereocenters. The molecule has 0 unspecified atom stereocenters. The standard InChI is InChI=1S/C24H27FN8O/c1-14(2)33(17-5-3-15(4-6-17)24-28-13-29-31-24)22-19(23(26)34)10-30-32-12-16(9-21(22)32)18-7-8-27-11-20(18)25/h7-15,17H,3-6H2,1-2H3,(H2,26,34)(H,28,29,31). The van der Waals surface area contributed by atoms with Gasteiger partial charge in [0.15, 0.2) is 0 Å². The molecule has 1 fully saturated rings. The highest BCUT2D eigenvalue weighted by Crippen LogP contribution is 2.39. The molecule has 4 heterocycles. The van der Waals surface area contributed by atoms with Gasteiger partial charge in [0.25, 0.3) is 5.91 Å². The van der Waals surface area contributed by atoms with Crippen molar-refractivity contribution in [2.45, 2.75) is 57.5 Å². The molecular formula is C24H27FN8O. The average Bonchev–Trinajstić information content (AvgIpc) is 3.50. The number of nitrogens with zero attached hydrogens (tertiary/aromatic N) is 6. The summed E-state index contributed by atoms with van der Waals surface area (Å²) in [5.41, 5.74) is 8.70. The Bertz CT molecular complexity index is 1310. The summed E-state index contributed by atoms with van der Waals surface area (Å²) in [5, 5.41) is 11.4. The Kier molecular flexibility index (Phi) is 5.72. The molecule has 3 N–H and O–H groups in total. The van der Waals surface area contributed by atoms with Crippen molar-refractivity contribution in [1.29, 1.82) is 0 Å². The predicted molar refractivity (Wildman–Crippen MR) is 126 cm³/mol. The Balaban J connectivity index is 1.57. The molecule has 0 aliphatic heterocycles. The van der Waals surface area contributed by atoms with Gasteiger partial charge in [-0.05, 0) is 51.7 Å². The maximum absolute atomic E-state index is 14.5. The summed E-state index contributed by atoms with van der Waals surface area (Å²) in [6, 6.07) is 3.80. The normalized spacial score (nSPS) is 18.5. The molecule has 1 aliphatic carbocycles. The number of pyridine rings is 1. The number of H-pyrrole nitrogens is 1. The van der Waals surface area contributed by atoms with Crippen LogP contribution >= 0.6 is 0 Å². The summed E-state index contributed by atoms with van der Waals surface area (Å²) < 4.78 is 16.1. The molecule has 0 bridgehead atoms. The highest BCUT2D eigenvalue weighted by atomic mass is 19.1. The first kappa shape index (κ1) is 22.0. The number of aromatic nitrogens is 6. The van der Waals surface area contributed by atoms with E-state index in [0.717, 1.165) is 37.2 Å². The molecule has 4 aromatic heterocycles. The van der Waals surface area contributed by atoms with Crippen molar-refractivity contribution < 1.29 is 9.18 Å². The van der Waals surface area contributed by atoms with E-state index in [9.17, 15) is 9.18 Å². The number of nitrogens with one attached hydrogen (secondary N) is 1. The van der Waals surface area contributed by atoms with Gasteiger partial charge in [0.05, 0.1) is 29.2 Å². The van der Waals surface area contributed by atoms with E-state index in [0.29, 0.717) is 28.1 Å². The summed E-state index contributed by atoms with van der Waals surface area (Å²) in [4.78, 5) is 22.9. The number of fused-ring (bicyclic) bond motifs is 1. The molecule has 4 aromatic rings. The number of nitrogens with two attached hydrogens (primary N) is 1. The fourth-order valence-corrected chi connectivity index (χ4v) is 5.15. The van der Waals surface area contributed by atoms with Crippen LogP contribution in [0.5, 0.6) is 0 Å². The maximum Gasteiger partial charge on any atom is 0.252 e. The number of anilines is 1. The highest BCUT2D eigenvalue weighted by Gasteiger charge is 2.32. The summed E-state index contributed by atoms with van der Waals surface area (Å²) in [7, 11) is 0. The number of primary amides is 1. The Labute approximate surface area is 196 Å². The van der Waals surface area contributed by atoms with Gasteiger partial charge in [-0.3, -0.25) is 14.9 Å². The van der Waals surface area contributed by atoms with Crippen LogP contribution in [0.2, 0.25) is 0 Å². The molecule has 0 radical (unpaired) electrons. The van der Waals surface area contributed by atoms with E-state index in [1.54, 1.807) is 29.3 Å². The second kappa shape index (κ2) is 8.85. The van der Waals surface area contributed by atoms with E-state index in [1.807, 2.05) is 6.07 Å². The second-order valence-electron chi connectivity index (χ2n) is 9.06. The lowest BCUT2D eigenvalue weighted by molar-refractivity contribution is 0.1000. The third-order valence-electron chi connectivity index (χ3n) is 6.68. The van der Waals surface area contributed by atoms with Gasteiger partial charge in [-0.1, -0.05) is 0 Å². The third-order valence-corrected chi connectivity index (χ3v) is 6.68. The zero-order valence-electron chi connectivity index (χ0n) is 19.1. The van der Waals surface area contributed by atoms with E-state index in [1.165, 1.54) is 12.4 Å². The van der Waals surface area contributed by atoms with Crippen LogP contribution in [-0.2, 0) is 0 Å². The van der Waals surface area contributed by atoms with Crippen LogP contribution in [-0.4, -0.2) is 47.8 Å². The molecule has 176 valence electrons. The number of hydrogen-bond acceptors (Lipinski definition) is 6. The van der Waals surface area contributed by atoms with Crippen LogP contribution in [0.25, 0.3) is 16.6 Å². The molecular weight excluding hydrogens is 435 g/mol. The second-order valence-corrected chi connectivity index (χ2v) is 9.06. The Morgan fingerprint density at radius 3 is 2.71 bits per heavy atom. The number of hydrogen-bond donors (Lipinski definition) is 2. The van der Waals surface area contributed by atoms with Gasteiger partial charge in [-0.25, -0.2) is 13.9 Å². The van der Waals surface area contributed by atoms with Crippen molar-refractivity contribution in [3.05, 3.63) is 60.5 Å². The third kappa shape index (κ3) is 3.89. The smallest absolute Gasteiger partial charge is 0.252 e. The zero-order valence-corrected chi connectivity index (χ0v) is 19.1. The van der Waals surface area contributed by atoms with Crippen molar-refractivity contribution in [2.24, 2.45) is 5.73 Å². The van der Waals surface area contributed by atoms with Crippen LogP contribution in [0, 0.1) is 5.82 Å². The first-order chi connectivity index (χ1) is 16.4. The van der Waals surface area contributed by atoms with Crippen LogP contribution in [0.3, 0.4) is 0 Å². The number of carbonyl (C=O) groups excluding carboxylic acids is 1. The molecule has 1 aliphatic rings. The predicted octanol–water partition coefficient (Wildman–Crippen LogP) is 3.69. The molecule has 9 nitrogen and oxygen atoms in total. The molecule has 0 spiro atoms. The Morgan fingerprint density at radius 2 is 2.06 bits per heavy atom. The molecule has 10 heteroatoms. The average molecular weight is 463 g/mol. The summed E-state index contributed by atoms with van der Waals surface area (Å²) in [6.07, 6.45) is 11.4. The van der Waals surface area contributed by atoms with E-state index >= 15 is 0 Å². The van der Waals surface area contributed by atoms with Gasteiger partial charge >= 0.3 is 0 Å². The topological polar surface area (TPSA) is 118 Å². The fourth-order valence-electron chi connectivity index (χ4n) is 5.15. The van der Waals surface area contributed by atoms with Crippen molar-refractivity contribution in [3.63, 3.8) is 0 Å². The largest absolute Gasteiger partial charge is 0.365 e. The molecule has 1 amide bonds. The van der Waals surface area contributed by atoms with Gasteiger partial charge < -0.3 is 10.6 Å². The molecule has 34 heavy (non-hydrogen) atoms. The minimum atomic E-state index is -0.538. The Morgan fingerprint density at radius 1 is 1.26 bits per heavy atom. The van der Waals surface area contributed by atoms with E-state index in [4.69, 9.17) is 5.73 Å². The molecule has 0 saturated heterocycles. The van der Waals surface area contributed by atoms with Crippen LogP contribution in [0.4, 0.5) is 10.1 Å². The summed E-state index contributed by atoms with van der Waals surface area (Å²) in [6.45, 7) is 4.22. The Hall–Kier alpha value is -3.82. The van der Waals surface area contributed by atoms with Gasteiger partial charge in [-0.15, -0.1) is 0 Å². The minimum absolute atomic E-state index is 0.104. The van der Waals surface area contributed by atoms with Gasteiger partial charge in [0.2, 0.25) is 0 Å². The monoisotopic (exact) mass is 462 g/mol. The lowest BCUT2D eigenvalue weighted by Gasteiger charge is -2.41.